The SMILES string of the molecule is CCC=CCCCCC1CCC(C2CCC(c3cc(F)c(C(F)(F)F)c(F)c3)CC2)CC1. The van der Waals surface area contributed by atoms with E-state index in [1.807, 2.05) is 0 Å². The monoisotopic (exact) mass is 456 g/mol. The quantitative estimate of drug-likeness (QED) is 0.207. The van der Waals surface area contributed by atoms with Gasteiger partial charge in [-0.05, 0) is 99.2 Å². The summed E-state index contributed by atoms with van der Waals surface area (Å²) >= 11 is 0. The van der Waals surface area contributed by atoms with Crippen LogP contribution in [0.1, 0.15) is 107 Å². The number of benzene rings is 1. The van der Waals surface area contributed by atoms with Gasteiger partial charge in [-0.1, -0.05) is 44.8 Å². The van der Waals surface area contributed by atoms with Crippen molar-refractivity contribution in [1.29, 1.82) is 0 Å². The summed E-state index contributed by atoms with van der Waals surface area (Å²) in [5.74, 6) is -0.786. The average molecular weight is 457 g/mol. The molecular formula is C27H37F5. The number of halogens is 5. The molecule has 1 aromatic rings. The zero-order chi connectivity index (χ0) is 23.1. The van der Waals surface area contributed by atoms with Gasteiger partial charge < -0.3 is 0 Å². The highest BCUT2D eigenvalue weighted by atomic mass is 19.4. The van der Waals surface area contributed by atoms with Gasteiger partial charge in [0.25, 0.3) is 0 Å². The molecule has 3 rings (SSSR count). The summed E-state index contributed by atoms with van der Waals surface area (Å²) < 4.78 is 66.4. The van der Waals surface area contributed by atoms with E-state index in [1.54, 1.807) is 0 Å². The number of hydrogen-bond donors (Lipinski definition) is 0. The van der Waals surface area contributed by atoms with Crippen LogP contribution in [0.15, 0.2) is 24.3 Å². The molecule has 2 saturated carbocycles. The fourth-order valence-corrected chi connectivity index (χ4v) is 5.95. The van der Waals surface area contributed by atoms with E-state index in [4.69, 9.17) is 0 Å². The minimum absolute atomic E-state index is 0.0457. The fraction of sp³-hybridized carbons (Fsp3) is 0.704. The first-order chi connectivity index (χ1) is 15.3. The van der Waals surface area contributed by atoms with Gasteiger partial charge in [-0.15, -0.1) is 0 Å². The van der Waals surface area contributed by atoms with Crippen molar-refractivity contribution >= 4 is 0 Å². The molecule has 32 heavy (non-hydrogen) atoms. The van der Waals surface area contributed by atoms with Crippen molar-refractivity contribution < 1.29 is 22.0 Å². The smallest absolute Gasteiger partial charge is 0.206 e. The second-order valence-corrected chi connectivity index (χ2v) is 9.91. The summed E-state index contributed by atoms with van der Waals surface area (Å²) in [6, 6.07) is 1.81. The zero-order valence-electron chi connectivity index (χ0n) is 19.2. The highest BCUT2D eigenvalue weighted by Crippen LogP contribution is 2.45. The maximum Gasteiger partial charge on any atom is 0.422 e. The second-order valence-electron chi connectivity index (χ2n) is 9.91. The Labute approximate surface area is 189 Å². The molecule has 1 aromatic carbocycles. The van der Waals surface area contributed by atoms with E-state index in [9.17, 15) is 22.0 Å². The molecule has 5 heteroatoms. The number of allylic oxidation sites excluding steroid dienone is 2. The lowest BCUT2D eigenvalue weighted by Gasteiger charge is -2.38. The lowest BCUT2D eigenvalue weighted by atomic mass is 9.68. The van der Waals surface area contributed by atoms with Crippen LogP contribution in [-0.2, 0) is 6.18 Å². The Morgan fingerprint density at radius 2 is 1.38 bits per heavy atom. The summed E-state index contributed by atoms with van der Waals surface area (Å²) in [7, 11) is 0. The minimum Gasteiger partial charge on any atom is -0.206 e. The molecule has 0 aromatic heterocycles. The van der Waals surface area contributed by atoms with Crippen molar-refractivity contribution in [2.45, 2.75) is 102 Å². The molecule has 0 heterocycles. The predicted octanol–water partition coefficient (Wildman–Crippen LogP) is 9.59. The van der Waals surface area contributed by atoms with Gasteiger partial charge in [0.15, 0.2) is 0 Å². The molecule has 0 atom stereocenters. The molecule has 2 aliphatic carbocycles. The predicted molar refractivity (Wildman–Crippen MR) is 119 cm³/mol. The first kappa shape index (κ1) is 25.2. The topological polar surface area (TPSA) is 0 Å². The third-order valence-corrected chi connectivity index (χ3v) is 7.78. The van der Waals surface area contributed by atoms with Crippen LogP contribution in [0.2, 0.25) is 0 Å². The van der Waals surface area contributed by atoms with E-state index >= 15 is 0 Å². The standard InChI is InChI=1S/C27H37F5/c1-2-3-4-5-6-7-8-19-9-11-20(12-10-19)21-13-15-22(16-14-21)23-17-24(28)26(25(29)18-23)27(30,31)32/h3-4,17-22H,2,5-16H2,1H3. The van der Waals surface area contributed by atoms with Gasteiger partial charge >= 0.3 is 6.18 Å². The van der Waals surface area contributed by atoms with Gasteiger partial charge in [0.2, 0.25) is 0 Å². The lowest BCUT2D eigenvalue weighted by Crippen LogP contribution is -2.25. The number of unbranched alkanes of at least 4 members (excludes halogenated alkanes) is 2. The number of hydrogen-bond acceptors (Lipinski definition) is 0. The molecule has 0 N–H and O–H groups in total. The van der Waals surface area contributed by atoms with Crippen LogP contribution in [0.3, 0.4) is 0 Å². The molecule has 0 nitrogen and oxygen atoms in total. The molecule has 0 aliphatic heterocycles. The summed E-state index contributed by atoms with van der Waals surface area (Å²) in [4.78, 5) is 0. The first-order valence-corrected chi connectivity index (χ1v) is 12.5. The number of rotatable bonds is 8. The van der Waals surface area contributed by atoms with Crippen LogP contribution >= 0.6 is 0 Å². The molecule has 0 unspecified atom stereocenters. The van der Waals surface area contributed by atoms with Crippen LogP contribution in [0, 0.1) is 29.4 Å². The Morgan fingerprint density at radius 1 is 0.812 bits per heavy atom. The molecular weight excluding hydrogens is 419 g/mol. The maximum absolute atomic E-state index is 14.0. The van der Waals surface area contributed by atoms with Crippen molar-refractivity contribution in [3.63, 3.8) is 0 Å². The fourth-order valence-electron chi connectivity index (χ4n) is 5.95. The Kier molecular flexibility index (Phi) is 9.19. The zero-order valence-corrected chi connectivity index (χ0v) is 19.2. The van der Waals surface area contributed by atoms with Crippen molar-refractivity contribution in [3.8, 4) is 0 Å². The lowest BCUT2D eigenvalue weighted by molar-refractivity contribution is -0.142. The Morgan fingerprint density at radius 3 is 1.91 bits per heavy atom. The summed E-state index contributed by atoms with van der Waals surface area (Å²) in [5.41, 5.74) is -1.40. The Balaban J connectivity index is 1.42. The molecule has 0 spiro atoms. The third kappa shape index (κ3) is 6.81. The molecule has 0 amide bonds. The van der Waals surface area contributed by atoms with Crippen LogP contribution < -0.4 is 0 Å². The third-order valence-electron chi connectivity index (χ3n) is 7.78. The Bertz CT molecular complexity index is 712. The van der Waals surface area contributed by atoms with Crippen LogP contribution in [0.4, 0.5) is 22.0 Å². The van der Waals surface area contributed by atoms with Gasteiger partial charge in [-0.25, -0.2) is 8.78 Å². The van der Waals surface area contributed by atoms with Crippen LogP contribution in [-0.4, -0.2) is 0 Å². The first-order valence-electron chi connectivity index (χ1n) is 12.5. The van der Waals surface area contributed by atoms with E-state index in [0.717, 1.165) is 56.1 Å². The van der Waals surface area contributed by atoms with Gasteiger partial charge in [-0.2, -0.15) is 13.2 Å². The van der Waals surface area contributed by atoms with E-state index in [1.165, 1.54) is 51.4 Å². The maximum atomic E-state index is 14.0. The van der Waals surface area contributed by atoms with Crippen LogP contribution in [0.25, 0.3) is 0 Å². The van der Waals surface area contributed by atoms with Crippen LogP contribution in [0.5, 0.6) is 0 Å². The highest BCUT2D eigenvalue weighted by Gasteiger charge is 2.39. The van der Waals surface area contributed by atoms with Gasteiger partial charge in [0.05, 0.1) is 0 Å². The Hall–Kier alpha value is -1.39. The summed E-state index contributed by atoms with van der Waals surface area (Å²) in [6.45, 7) is 2.16. The van der Waals surface area contributed by atoms with E-state index < -0.39 is 23.4 Å². The average Bonchev–Trinajstić information content (AvgIpc) is 2.75. The second kappa shape index (κ2) is 11.7. The van der Waals surface area contributed by atoms with Crippen molar-refractivity contribution in [3.05, 3.63) is 47.0 Å². The van der Waals surface area contributed by atoms with E-state index in [2.05, 4.69) is 19.1 Å². The summed E-state index contributed by atoms with van der Waals surface area (Å²) in [6.07, 6.45) is 14.6. The summed E-state index contributed by atoms with van der Waals surface area (Å²) in [5, 5.41) is 0. The van der Waals surface area contributed by atoms with E-state index in [0.29, 0.717) is 11.5 Å². The molecule has 2 aliphatic rings. The van der Waals surface area contributed by atoms with Crippen molar-refractivity contribution in [2.75, 3.05) is 0 Å². The molecule has 0 saturated heterocycles. The molecule has 180 valence electrons. The molecule has 2 fully saturated rings. The molecule has 0 radical (unpaired) electrons. The number of alkyl halides is 3. The van der Waals surface area contributed by atoms with Crippen molar-refractivity contribution in [2.24, 2.45) is 17.8 Å². The normalized spacial score (nSPS) is 27.2. The minimum atomic E-state index is -5.00. The van der Waals surface area contributed by atoms with Gasteiger partial charge in [0, 0.05) is 0 Å². The van der Waals surface area contributed by atoms with Gasteiger partial charge in [-0.3, -0.25) is 0 Å². The van der Waals surface area contributed by atoms with Gasteiger partial charge in [0.1, 0.15) is 17.2 Å². The highest BCUT2D eigenvalue weighted by molar-refractivity contribution is 5.30. The largest absolute Gasteiger partial charge is 0.422 e. The van der Waals surface area contributed by atoms with Crippen molar-refractivity contribution in [1.82, 2.24) is 0 Å². The molecule has 0 bridgehead atoms. The van der Waals surface area contributed by atoms with E-state index in [-0.39, 0.29) is 5.92 Å².